The molecular formula is C15H14ClNO. The second-order valence-corrected chi connectivity index (χ2v) is 4.53. The van der Waals surface area contributed by atoms with Gasteiger partial charge in [-0.05, 0) is 35.7 Å². The van der Waals surface area contributed by atoms with Gasteiger partial charge in [-0.25, -0.2) is 0 Å². The summed E-state index contributed by atoms with van der Waals surface area (Å²) in [6.07, 6.45) is 2.84. The summed E-state index contributed by atoms with van der Waals surface area (Å²) in [5.74, 6) is 0.0507. The van der Waals surface area contributed by atoms with Gasteiger partial charge in [-0.3, -0.25) is 9.78 Å². The number of carbonyl (C=O) groups excluding carboxylic acids is 1. The minimum Gasteiger partial charge on any atom is -0.292 e. The number of nitrogens with zero attached hydrogens (tertiary/aromatic N) is 1. The molecule has 0 saturated heterocycles. The van der Waals surface area contributed by atoms with Gasteiger partial charge in [0.15, 0.2) is 5.78 Å². The van der Waals surface area contributed by atoms with Gasteiger partial charge in [0.2, 0.25) is 0 Å². The molecule has 18 heavy (non-hydrogen) atoms. The van der Waals surface area contributed by atoms with Gasteiger partial charge in [0.1, 0.15) is 5.69 Å². The Labute approximate surface area is 112 Å². The summed E-state index contributed by atoms with van der Waals surface area (Å²) < 4.78 is 0. The topological polar surface area (TPSA) is 30.0 Å². The van der Waals surface area contributed by atoms with E-state index in [4.69, 9.17) is 11.6 Å². The summed E-state index contributed by atoms with van der Waals surface area (Å²) in [5, 5.41) is 0.679. The average molecular weight is 260 g/mol. The highest BCUT2D eigenvalue weighted by Gasteiger charge is 2.12. The van der Waals surface area contributed by atoms with Crippen LogP contribution in [0.25, 0.3) is 0 Å². The van der Waals surface area contributed by atoms with E-state index in [1.165, 1.54) is 0 Å². The molecule has 0 spiro atoms. The number of aromatic nitrogens is 1. The van der Waals surface area contributed by atoms with Crippen LogP contribution in [0, 0.1) is 0 Å². The van der Waals surface area contributed by atoms with Crippen LogP contribution in [0.2, 0.25) is 5.02 Å². The molecule has 2 rings (SSSR count). The molecule has 92 valence electrons. The van der Waals surface area contributed by atoms with Crippen LogP contribution in [0.5, 0.6) is 0 Å². The van der Waals surface area contributed by atoms with E-state index in [0.29, 0.717) is 17.1 Å². The molecule has 0 aliphatic heterocycles. The summed E-state index contributed by atoms with van der Waals surface area (Å²) in [6, 6.07) is 11.1. The minimum atomic E-state index is 0.0507. The Morgan fingerprint density at radius 3 is 2.61 bits per heavy atom. The SMILES string of the molecule is CCc1cccnc1C(=O)Cc1ccc(Cl)cc1. The first kappa shape index (κ1) is 12.8. The van der Waals surface area contributed by atoms with Gasteiger partial charge in [-0.1, -0.05) is 36.7 Å². The number of pyridine rings is 1. The molecule has 0 fully saturated rings. The fraction of sp³-hybridized carbons (Fsp3) is 0.200. The summed E-state index contributed by atoms with van der Waals surface area (Å²) in [7, 11) is 0. The molecule has 0 saturated carbocycles. The van der Waals surface area contributed by atoms with Crippen LogP contribution in [0.4, 0.5) is 0 Å². The number of ketones is 1. The van der Waals surface area contributed by atoms with Crippen molar-refractivity contribution in [2.24, 2.45) is 0 Å². The van der Waals surface area contributed by atoms with Gasteiger partial charge in [0.25, 0.3) is 0 Å². The molecule has 0 aliphatic carbocycles. The second-order valence-electron chi connectivity index (χ2n) is 4.09. The largest absolute Gasteiger partial charge is 0.292 e. The molecule has 0 atom stereocenters. The van der Waals surface area contributed by atoms with Gasteiger partial charge in [-0.2, -0.15) is 0 Å². The van der Waals surface area contributed by atoms with E-state index in [2.05, 4.69) is 4.98 Å². The second kappa shape index (κ2) is 5.78. The number of hydrogen-bond acceptors (Lipinski definition) is 2. The van der Waals surface area contributed by atoms with Crippen LogP contribution in [0.15, 0.2) is 42.6 Å². The fourth-order valence-electron chi connectivity index (χ4n) is 1.85. The van der Waals surface area contributed by atoms with Crippen molar-refractivity contribution in [1.29, 1.82) is 0 Å². The van der Waals surface area contributed by atoms with Crippen molar-refractivity contribution in [3.05, 3.63) is 64.4 Å². The summed E-state index contributed by atoms with van der Waals surface area (Å²) in [6.45, 7) is 2.02. The number of aryl methyl sites for hydroxylation is 1. The molecule has 0 N–H and O–H groups in total. The maximum atomic E-state index is 12.2. The Kier molecular flexibility index (Phi) is 4.11. The third-order valence-corrected chi connectivity index (χ3v) is 3.07. The average Bonchev–Trinajstić information content (AvgIpc) is 2.41. The third-order valence-electron chi connectivity index (χ3n) is 2.81. The van der Waals surface area contributed by atoms with Gasteiger partial charge < -0.3 is 0 Å². The Balaban J connectivity index is 2.19. The lowest BCUT2D eigenvalue weighted by Gasteiger charge is -2.05. The Morgan fingerprint density at radius 1 is 1.22 bits per heavy atom. The predicted octanol–water partition coefficient (Wildman–Crippen LogP) is 3.72. The highest BCUT2D eigenvalue weighted by Crippen LogP contribution is 2.13. The molecule has 1 aromatic carbocycles. The molecule has 3 heteroatoms. The van der Waals surface area contributed by atoms with Crippen LogP contribution >= 0.6 is 11.6 Å². The van der Waals surface area contributed by atoms with Crippen molar-refractivity contribution in [3.8, 4) is 0 Å². The first-order valence-electron chi connectivity index (χ1n) is 5.92. The molecule has 0 radical (unpaired) electrons. The van der Waals surface area contributed by atoms with E-state index in [9.17, 15) is 4.79 Å². The Hall–Kier alpha value is -1.67. The molecule has 0 bridgehead atoms. The highest BCUT2D eigenvalue weighted by atomic mass is 35.5. The number of hydrogen-bond donors (Lipinski definition) is 0. The van der Waals surface area contributed by atoms with E-state index in [1.807, 2.05) is 31.2 Å². The zero-order chi connectivity index (χ0) is 13.0. The quantitative estimate of drug-likeness (QED) is 0.784. The summed E-state index contributed by atoms with van der Waals surface area (Å²) >= 11 is 5.82. The lowest BCUT2D eigenvalue weighted by molar-refractivity contribution is 0.0987. The summed E-state index contributed by atoms with van der Waals surface area (Å²) in [5.41, 5.74) is 2.53. The van der Waals surface area contributed by atoms with Crippen molar-refractivity contribution >= 4 is 17.4 Å². The fourth-order valence-corrected chi connectivity index (χ4v) is 1.97. The van der Waals surface area contributed by atoms with Gasteiger partial charge in [-0.15, -0.1) is 0 Å². The smallest absolute Gasteiger partial charge is 0.185 e. The van der Waals surface area contributed by atoms with E-state index in [0.717, 1.165) is 17.5 Å². The molecule has 0 unspecified atom stereocenters. The maximum Gasteiger partial charge on any atom is 0.185 e. The molecule has 2 aromatic rings. The standard InChI is InChI=1S/C15H14ClNO/c1-2-12-4-3-9-17-15(12)14(18)10-11-5-7-13(16)8-6-11/h3-9H,2,10H2,1H3. The molecule has 1 heterocycles. The van der Waals surface area contributed by atoms with E-state index < -0.39 is 0 Å². The lowest BCUT2D eigenvalue weighted by Crippen LogP contribution is -2.09. The molecule has 0 aliphatic rings. The van der Waals surface area contributed by atoms with Gasteiger partial charge in [0, 0.05) is 17.6 Å². The van der Waals surface area contributed by atoms with Crippen LogP contribution in [0.1, 0.15) is 28.5 Å². The van der Waals surface area contributed by atoms with Crippen molar-refractivity contribution in [3.63, 3.8) is 0 Å². The molecule has 0 amide bonds. The number of rotatable bonds is 4. The van der Waals surface area contributed by atoms with Crippen molar-refractivity contribution < 1.29 is 4.79 Å². The monoisotopic (exact) mass is 259 g/mol. The van der Waals surface area contributed by atoms with Crippen molar-refractivity contribution in [1.82, 2.24) is 4.98 Å². The van der Waals surface area contributed by atoms with E-state index in [1.54, 1.807) is 18.3 Å². The molecule has 2 nitrogen and oxygen atoms in total. The normalized spacial score (nSPS) is 10.3. The first-order chi connectivity index (χ1) is 8.70. The first-order valence-corrected chi connectivity index (χ1v) is 6.30. The Bertz CT molecular complexity index is 549. The van der Waals surface area contributed by atoms with Crippen LogP contribution in [-0.4, -0.2) is 10.8 Å². The zero-order valence-corrected chi connectivity index (χ0v) is 10.9. The number of halogens is 1. The third kappa shape index (κ3) is 2.96. The predicted molar refractivity (Wildman–Crippen MR) is 73.1 cm³/mol. The number of carbonyl (C=O) groups is 1. The summed E-state index contributed by atoms with van der Waals surface area (Å²) in [4.78, 5) is 16.4. The van der Waals surface area contributed by atoms with E-state index in [-0.39, 0.29) is 5.78 Å². The zero-order valence-electron chi connectivity index (χ0n) is 10.2. The lowest BCUT2D eigenvalue weighted by atomic mass is 10.0. The maximum absolute atomic E-state index is 12.2. The van der Waals surface area contributed by atoms with Crippen LogP contribution < -0.4 is 0 Å². The van der Waals surface area contributed by atoms with Gasteiger partial charge >= 0.3 is 0 Å². The van der Waals surface area contributed by atoms with Crippen molar-refractivity contribution in [2.75, 3.05) is 0 Å². The Morgan fingerprint density at radius 2 is 1.94 bits per heavy atom. The van der Waals surface area contributed by atoms with Crippen LogP contribution in [-0.2, 0) is 12.8 Å². The minimum absolute atomic E-state index is 0.0507. The molecular weight excluding hydrogens is 246 g/mol. The highest BCUT2D eigenvalue weighted by molar-refractivity contribution is 6.30. The van der Waals surface area contributed by atoms with Crippen LogP contribution in [0.3, 0.4) is 0 Å². The van der Waals surface area contributed by atoms with E-state index >= 15 is 0 Å². The van der Waals surface area contributed by atoms with Gasteiger partial charge in [0.05, 0.1) is 0 Å². The van der Waals surface area contributed by atoms with Crippen molar-refractivity contribution in [2.45, 2.75) is 19.8 Å². The molecule has 1 aromatic heterocycles. The number of benzene rings is 1. The number of Topliss-reactive ketones (excluding diaryl/α,β-unsaturated/α-hetero) is 1.